The van der Waals surface area contributed by atoms with Gasteiger partial charge in [-0.2, -0.15) is 0 Å². The lowest BCUT2D eigenvalue weighted by molar-refractivity contribution is 0.0474. The summed E-state index contributed by atoms with van der Waals surface area (Å²) >= 11 is 3.32. The van der Waals surface area contributed by atoms with Gasteiger partial charge in [-0.3, -0.25) is 4.79 Å². The van der Waals surface area contributed by atoms with E-state index in [2.05, 4.69) is 29.8 Å². The van der Waals surface area contributed by atoms with Crippen molar-refractivity contribution < 1.29 is 33.7 Å². The van der Waals surface area contributed by atoms with Crippen LogP contribution in [0.25, 0.3) is 0 Å². The van der Waals surface area contributed by atoms with Gasteiger partial charge >= 0.3 is 11.9 Å². The maximum atomic E-state index is 12.1. The van der Waals surface area contributed by atoms with Gasteiger partial charge in [0, 0.05) is 10.0 Å². The second kappa shape index (κ2) is 21.9. The second-order valence-electron chi connectivity index (χ2n) is 10.4. The predicted octanol–water partition coefficient (Wildman–Crippen LogP) is 9.57. The van der Waals surface area contributed by atoms with Crippen LogP contribution in [-0.4, -0.2) is 42.6 Å². The van der Waals surface area contributed by atoms with Crippen molar-refractivity contribution in [1.82, 2.24) is 0 Å². The fraction of sp³-hybridized carbons (Fsp3) is 0.417. The molecule has 0 aromatic heterocycles. The van der Waals surface area contributed by atoms with Crippen molar-refractivity contribution >= 4 is 33.7 Å². The smallest absolute Gasteiger partial charge is 0.338 e. The van der Waals surface area contributed by atoms with Gasteiger partial charge < -0.3 is 19.3 Å². The summed E-state index contributed by atoms with van der Waals surface area (Å²) in [5.41, 5.74) is 1.20. The van der Waals surface area contributed by atoms with E-state index >= 15 is 0 Å². The Hall–Kier alpha value is -3.65. The van der Waals surface area contributed by atoms with Crippen LogP contribution >= 0.6 is 15.9 Å². The molecule has 0 aliphatic carbocycles. The molecule has 8 heteroatoms. The molecule has 0 spiro atoms. The first kappa shape index (κ1) is 36.5. The number of carboxylic acid groups (broad SMARTS) is 1. The number of hydrogen-bond acceptors (Lipinski definition) is 6. The molecule has 0 saturated carbocycles. The number of benzene rings is 3. The maximum Gasteiger partial charge on any atom is 0.338 e. The molecule has 7 nitrogen and oxygen atoms in total. The van der Waals surface area contributed by atoms with E-state index in [1.807, 2.05) is 0 Å². The average molecular weight is 670 g/mol. The van der Waals surface area contributed by atoms with Gasteiger partial charge in [0.05, 0.1) is 24.3 Å². The Balaban J connectivity index is 0.000000342. The monoisotopic (exact) mass is 668 g/mol. The summed E-state index contributed by atoms with van der Waals surface area (Å²) in [6, 6.07) is 20.3. The van der Waals surface area contributed by atoms with Crippen molar-refractivity contribution in [3.63, 3.8) is 0 Å². The third-order valence-electron chi connectivity index (χ3n) is 6.73. The fourth-order valence-corrected chi connectivity index (χ4v) is 4.37. The molecule has 0 heterocycles. The van der Waals surface area contributed by atoms with Crippen LogP contribution < -0.4 is 9.47 Å². The van der Waals surface area contributed by atoms with Crippen LogP contribution in [0.2, 0.25) is 0 Å². The second-order valence-corrected chi connectivity index (χ2v) is 11.3. The normalized spacial score (nSPS) is 10.3. The number of esters is 1. The Morgan fingerprint density at radius 1 is 0.591 bits per heavy atom. The molecule has 44 heavy (non-hydrogen) atoms. The number of carboxylic acids is 1. The Bertz CT molecular complexity index is 1240. The highest BCUT2D eigenvalue weighted by molar-refractivity contribution is 9.10. The molecule has 0 bridgehead atoms. The number of Topliss-reactive ketones (excluding diaryl/α,β-unsaturated/α-hetero) is 1. The van der Waals surface area contributed by atoms with E-state index < -0.39 is 11.9 Å². The molecule has 0 atom stereocenters. The van der Waals surface area contributed by atoms with Crippen molar-refractivity contribution in [3.8, 4) is 11.5 Å². The van der Waals surface area contributed by atoms with E-state index in [4.69, 9.17) is 19.3 Å². The minimum atomic E-state index is -0.906. The van der Waals surface area contributed by atoms with E-state index in [0.717, 1.165) is 28.8 Å². The average Bonchev–Trinajstić information content (AvgIpc) is 3.04. The van der Waals surface area contributed by atoms with Crippen molar-refractivity contribution in [1.29, 1.82) is 0 Å². The van der Waals surface area contributed by atoms with Crippen molar-refractivity contribution in [2.75, 3.05) is 19.8 Å². The molecule has 238 valence electrons. The Morgan fingerprint density at radius 2 is 1.02 bits per heavy atom. The molecule has 0 saturated heterocycles. The number of carbonyl (C=O) groups excluding carboxylic acids is 2. The lowest BCUT2D eigenvalue weighted by Crippen LogP contribution is -2.14. The Morgan fingerprint density at radius 3 is 1.48 bits per heavy atom. The molecule has 0 amide bonds. The first-order valence-electron chi connectivity index (χ1n) is 15.5. The molecule has 1 N–H and O–H groups in total. The number of carbonyl (C=O) groups is 3. The number of aromatic carboxylic acids is 1. The Kier molecular flexibility index (Phi) is 18.2. The third-order valence-corrected chi connectivity index (χ3v) is 7.25. The first-order valence-corrected chi connectivity index (χ1v) is 16.3. The number of hydrogen-bond donors (Lipinski definition) is 1. The molecule has 3 aromatic rings. The van der Waals surface area contributed by atoms with Gasteiger partial charge in [-0.1, -0.05) is 93.3 Å². The number of halogens is 1. The predicted molar refractivity (Wildman–Crippen MR) is 177 cm³/mol. The minimum absolute atomic E-state index is 0.237. The van der Waals surface area contributed by atoms with Crippen LogP contribution in [0.5, 0.6) is 11.5 Å². The van der Waals surface area contributed by atoms with Crippen molar-refractivity contribution in [3.05, 3.63) is 94.0 Å². The minimum Gasteiger partial charge on any atom is -0.494 e. The standard InChI is InChI=1S/C22H25BrO4.C14H20O3/c1-2-3-4-5-6-15-26-20-13-9-18(10-14-20)22(25)27-16-21(24)17-7-11-19(23)12-8-17;1-2-3-4-5-6-11-17-13-9-7-12(8-10-13)14(15)16/h7-14H,2-6,15-16H2,1H3;7-10H,2-6,11H2,1H3,(H,15,16). The first-order chi connectivity index (χ1) is 21.3. The summed E-state index contributed by atoms with van der Waals surface area (Å²) in [5.74, 6) is -0.194. The van der Waals surface area contributed by atoms with Gasteiger partial charge in [0.15, 0.2) is 12.4 Å². The summed E-state index contributed by atoms with van der Waals surface area (Å²) < 4.78 is 17.2. The zero-order chi connectivity index (χ0) is 32.0. The van der Waals surface area contributed by atoms with Gasteiger partial charge in [0.2, 0.25) is 0 Å². The largest absolute Gasteiger partial charge is 0.494 e. The van der Waals surface area contributed by atoms with Gasteiger partial charge in [0.1, 0.15) is 11.5 Å². The molecule has 0 unspecified atom stereocenters. The number of unbranched alkanes of at least 4 members (excludes halogenated alkanes) is 8. The third kappa shape index (κ3) is 15.2. The fourth-order valence-electron chi connectivity index (χ4n) is 4.11. The zero-order valence-electron chi connectivity index (χ0n) is 25.9. The number of rotatable bonds is 19. The molecular formula is C36H45BrO7. The van der Waals surface area contributed by atoms with E-state index in [-0.39, 0.29) is 12.4 Å². The van der Waals surface area contributed by atoms with Crippen LogP contribution in [0.15, 0.2) is 77.3 Å². The lowest BCUT2D eigenvalue weighted by atomic mass is 10.1. The molecular weight excluding hydrogens is 624 g/mol. The summed E-state index contributed by atoms with van der Waals surface area (Å²) in [6.45, 7) is 5.49. The van der Waals surface area contributed by atoms with Crippen LogP contribution in [0.1, 0.15) is 109 Å². The molecule has 0 aliphatic heterocycles. The van der Waals surface area contributed by atoms with Gasteiger partial charge in [0.25, 0.3) is 0 Å². The van der Waals surface area contributed by atoms with Gasteiger partial charge in [-0.25, -0.2) is 9.59 Å². The van der Waals surface area contributed by atoms with E-state index in [1.54, 1.807) is 72.8 Å². The van der Waals surface area contributed by atoms with E-state index in [9.17, 15) is 14.4 Å². The van der Waals surface area contributed by atoms with Crippen molar-refractivity contribution in [2.24, 2.45) is 0 Å². The van der Waals surface area contributed by atoms with Crippen LogP contribution in [0.3, 0.4) is 0 Å². The van der Waals surface area contributed by atoms with E-state index in [1.165, 1.54) is 51.4 Å². The highest BCUT2D eigenvalue weighted by Gasteiger charge is 2.12. The molecule has 0 radical (unpaired) electrons. The highest BCUT2D eigenvalue weighted by Crippen LogP contribution is 2.16. The molecule has 0 aliphatic rings. The maximum absolute atomic E-state index is 12.1. The highest BCUT2D eigenvalue weighted by atomic mass is 79.9. The lowest BCUT2D eigenvalue weighted by Gasteiger charge is -2.08. The number of ether oxygens (including phenoxy) is 3. The Labute approximate surface area is 270 Å². The zero-order valence-corrected chi connectivity index (χ0v) is 27.5. The van der Waals surface area contributed by atoms with Gasteiger partial charge in [-0.05, 0) is 73.5 Å². The summed E-state index contributed by atoms with van der Waals surface area (Å²) in [6.07, 6.45) is 12.0. The SMILES string of the molecule is CCCCCCCOc1ccc(C(=O)O)cc1.CCCCCCCOc1ccc(C(=O)OCC(=O)c2ccc(Br)cc2)cc1. The molecule has 3 aromatic carbocycles. The van der Waals surface area contributed by atoms with E-state index in [0.29, 0.717) is 29.9 Å². The summed E-state index contributed by atoms with van der Waals surface area (Å²) in [7, 11) is 0. The molecule has 3 rings (SSSR count). The quantitative estimate of drug-likeness (QED) is 0.0771. The summed E-state index contributed by atoms with van der Waals surface area (Å²) in [5, 5.41) is 8.73. The molecule has 0 fully saturated rings. The number of ketones is 1. The van der Waals surface area contributed by atoms with Gasteiger partial charge in [-0.15, -0.1) is 0 Å². The van der Waals surface area contributed by atoms with Crippen molar-refractivity contribution in [2.45, 2.75) is 78.1 Å². The van der Waals surface area contributed by atoms with Crippen LogP contribution in [-0.2, 0) is 4.74 Å². The summed E-state index contributed by atoms with van der Waals surface area (Å²) in [4.78, 5) is 34.8. The van der Waals surface area contributed by atoms with Crippen LogP contribution in [0, 0.1) is 0 Å². The van der Waals surface area contributed by atoms with Crippen LogP contribution in [0.4, 0.5) is 0 Å². The topological polar surface area (TPSA) is 99.1 Å².